The van der Waals surface area contributed by atoms with Gasteiger partial charge in [0.25, 0.3) is 0 Å². The summed E-state index contributed by atoms with van der Waals surface area (Å²) in [5, 5.41) is 2.99. The Kier molecular flexibility index (Phi) is 5.31. The molecule has 0 radical (unpaired) electrons. The number of nitrogens with zero attached hydrogens (tertiary/aromatic N) is 2. The van der Waals surface area contributed by atoms with Gasteiger partial charge in [0.2, 0.25) is 5.91 Å². The first-order valence-electron chi connectivity index (χ1n) is 8.22. The lowest BCUT2D eigenvalue weighted by Crippen LogP contribution is -2.32. The van der Waals surface area contributed by atoms with Gasteiger partial charge in [-0.05, 0) is 23.8 Å². The number of methoxy groups -OCH3 is 1. The highest BCUT2D eigenvalue weighted by molar-refractivity contribution is 5.79. The molecule has 0 aliphatic heterocycles. The standard InChI is InChI=1S/C20H20FN3O2/c1-24-11-10-22-20(24)19(16-8-3-4-9-17(16)26-2)23-18(25)13-14-6-5-7-15(21)12-14/h3-12,19H,13H2,1-2H3,(H,23,25)/t19-/m1/s1. The van der Waals surface area contributed by atoms with Crippen molar-refractivity contribution in [2.45, 2.75) is 12.5 Å². The van der Waals surface area contributed by atoms with Crippen LogP contribution in [0.2, 0.25) is 0 Å². The largest absolute Gasteiger partial charge is 0.496 e. The summed E-state index contributed by atoms with van der Waals surface area (Å²) in [6, 6.07) is 13.0. The molecule has 1 heterocycles. The van der Waals surface area contributed by atoms with Crippen molar-refractivity contribution in [3.05, 3.63) is 83.7 Å². The van der Waals surface area contributed by atoms with E-state index in [9.17, 15) is 9.18 Å². The van der Waals surface area contributed by atoms with Crippen molar-refractivity contribution in [3.8, 4) is 5.75 Å². The molecule has 5 nitrogen and oxygen atoms in total. The summed E-state index contributed by atoms with van der Waals surface area (Å²) >= 11 is 0. The Hall–Kier alpha value is -3.15. The molecule has 0 bridgehead atoms. The molecule has 26 heavy (non-hydrogen) atoms. The van der Waals surface area contributed by atoms with Crippen molar-refractivity contribution in [2.75, 3.05) is 7.11 Å². The monoisotopic (exact) mass is 353 g/mol. The van der Waals surface area contributed by atoms with Gasteiger partial charge in [-0.3, -0.25) is 4.79 Å². The van der Waals surface area contributed by atoms with Gasteiger partial charge < -0.3 is 14.6 Å². The number of halogens is 1. The molecule has 1 amide bonds. The molecule has 0 saturated carbocycles. The van der Waals surface area contributed by atoms with Crippen LogP contribution in [-0.2, 0) is 18.3 Å². The van der Waals surface area contributed by atoms with Crippen LogP contribution in [0.1, 0.15) is 23.0 Å². The maximum absolute atomic E-state index is 13.4. The van der Waals surface area contributed by atoms with Crippen LogP contribution < -0.4 is 10.1 Å². The lowest BCUT2D eigenvalue weighted by atomic mass is 10.0. The van der Waals surface area contributed by atoms with Gasteiger partial charge in [-0.15, -0.1) is 0 Å². The Morgan fingerprint density at radius 3 is 2.77 bits per heavy atom. The van der Waals surface area contributed by atoms with Crippen molar-refractivity contribution >= 4 is 5.91 Å². The van der Waals surface area contributed by atoms with E-state index in [0.717, 1.165) is 5.56 Å². The van der Waals surface area contributed by atoms with Crippen LogP contribution in [0, 0.1) is 5.82 Å². The fourth-order valence-corrected chi connectivity index (χ4v) is 2.89. The highest BCUT2D eigenvalue weighted by atomic mass is 19.1. The van der Waals surface area contributed by atoms with E-state index in [1.165, 1.54) is 12.1 Å². The molecule has 0 unspecified atom stereocenters. The van der Waals surface area contributed by atoms with Crippen LogP contribution in [-0.4, -0.2) is 22.6 Å². The van der Waals surface area contributed by atoms with E-state index in [-0.39, 0.29) is 18.1 Å². The zero-order chi connectivity index (χ0) is 18.5. The van der Waals surface area contributed by atoms with Crippen molar-refractivity contribution in [1.82, 2.24) is 14.9 Å². The minimum absolute atomic E-state index is 0.0772. The summed E-state index contributed by atoms with van der Waals surface area (Å²) < 4.78 is 20.6. The van der Waals surface area contributed by atoms with E-state index in [1.54, 1.807) is 25.4 Å². The first kappa shape index (κ1) is 17.7. The molecule has 6 heteroatoms. The number of ether oxygens (including phenoxy) is 1. The zero-order valence-electron chi connectivity index (χ0n) is 14.6. The van der Waals surface area contributed by atoms with Gasteiger partial charge in [0.15, 0.2) is 0 Å². The number of carbonyl (C=O) groups is 1. The molecule has 2 aromatic carbocycles. The molecule has 0 aliphatic rings. The SMILES string of the molecule is COc1ccccc1[C@@H](NC(=O)Cc1cccc(F)c1)c1nccn1C. The third-order valence-corrected chi connectivity index (χ3v) is 4.13. The van der Waals surface area contributed by atoms with Crippen LogP contribution in [0.15, 0.2) is 60.9 Å². The molecule has 1 aromatic heterocycles. The minimum atomic E-state index is -0.479. The number of carbonyl (C=O) groups excluding carboxylic acids is 1. The van der Waals surface area contributed by atoms with Gasteiger partial charge in [0, 0.05) is 25.0 Å². The Bertz CT molecular complexity index is 907. The fraction of sp³-hybridized carbons (Fsp3) is 0.200. The molecule has 3 rings (SSSR count). The second-order valence-corrected chi connectivity index (χ2v) is 5.95. The Morgan fingerprint density at radius 1 is 1.27 bits per heavy atom. The second kappa shape index (κ2) is 7.82. The van der Waals surface area contributed by atoms with Crippen molar-refractivity contribution < 1.29 is 13.9 Å². The van der Waals surface area contributed by atoms with E-state index in [2.05, 4.69) is 10.3 Å². The maximum atomic E-state index is 13.4. The molecule has 0 saturated heterocycles. The topological polar surface area (TPSA) is 56.1 Å². The summed E-state index contributed by atoms with van der Waals surface area (Å²) in [5.74, 6) is 0.754. The van der Waals surface area contributed by atoms with Crippen LogP contribution in [0.4, 0.5) is 4.39 Å². The lowest BCUT2D eigenvalue weighted by Gasteiger charge is -2.21. The van der Waals surface area contributed by atoms with Gasteiger partial charge in [0.1, 0.15) is 23.4 Å². The number of hydrogen-bond donors (Lipinski definition) is 1. The summed E-state index contributed by atoms with van der Waals surface area (Å²) in [5.41, 5.74) is 1.41. The van der Waals surface area contributed by atoms with E-state index in [0.29, 0.717) is 17.1 Å². The van der Waals surface area contributed by atoms with E-state index in [1.807, 2.05) is 42.1 Å². The first-order chi connectivity index (χ1) is 12.6. The molecular formula is C20H20FN3O2. The Morgan fingerprint density at radius 2 is 2.08 bits per heavy atom. The predicted octanol–water partition coefficient (Wildman–Crippen LogP) is 3.02. The van der Waals surface area contributed by atoms with Gasteiger partial charge >= 0.3 is 0 Å². The molecule has 0 aliphatic carbocycles. The lowest BCUT2D eigenvalue weighted by molar-refractivity contribution is -0.121. The normalized spacial score (nSPS) is 11.8. The second-order valence-electron chi connectivity index (χ2n) is 5.95. The predicted molar refractivity (Wildman–Crippen MR) is 96.3 cm³/mol. The summed E-state index contributed by atoms with van der Waals surface area (Å²) in [6.07, 6.45) is 3.57. The number of amides is 1. The molecule has 0 spiro atoms. The third-order valence-electron chi connectivity index (χ3n) is 4.13. The molecule has 3 aromatic rings. The summed E-state index contributed by atoms with van der Waals surface area (Å²) in [7, 11) is 3.45. The van der Waals surface area contributed by atoms with Gasteiger partial charge in [-0.25, -0.2) is 9.37 Å². The van der Waals surface area contributed by atoms with Gasteiger partial charge in [-0.2, -0.15) is 0 Å². The number of nitrogens with one attached hydrogen (secondary N) is 1. The van der Waals surface area contributed by atoms with Gasteiger partial charge in [-0.1, -0.05) is 30.3 Å². The number of hydrogen-bond acceptors (Lipinski definition) is 3. The van der Waals surface area contributed by atoms with Crippen molar-refractivity contribution in [3.63, 3.8) is 0 Å². The van der Waals surface area contributed by atoms with Crippen LogP contribution in [0.3, 0.4) is 0 Å². The van der Waals surface area contributed by atoms with Crippen LogP contribution >= 0.6 is 0 Å². The first-order valence-corrected chi connectivity index (χ1v) is 8.22. The number of rotatable bonds is 6. The third kappa shape index (κ3) is 3.91. The number of aromatic nitrogens is 2. The summed E-state index contributed by atoms with van der Waals surface area (Å²) in [4.78, 5) is 17.0. The molecular weight excluding hydrogens is 333 g/mol. The van der Waals surface area contributed by atoms with E-state index >= 15 is 0 Å². The highest BCUT2D eigenvalue weighted by Crippen LogP contribution is 2.29. The highest BCUT2D eigenvalue weighted by Gasteiger charge is 2.23. The number of aryl methyl sites for hydroxylation is 1. The Labute approximate surface area is 151 Å². The number of para-hydroxylation sites is 1. The zero-order valence-corrected chi connectivity index (χ0v) is 14.6. The van der Waals surface area contributed by atoms with Crippen molar-refractivity contribution in [2.24, 2.45) is 7.05 Å². The van der Waals surface area contributed by atoms with Crippen LogP contribution in [0.5, 0.6) is 5.75 Å². The van der Waals surface area contributed by atoms with E-state index < -0.39 is 6.04 Å². The average Bonchev–Trinajstić information content (AvgIpc) is 3.05. The maximum Gasteiger partial charge on any atom is 0.225 e. The Balaban J connectivity index is 1.89. The number of benzene rings is 2. The van der Waals surface area contributed by atoms with E-state index in [4.69, 9.17) is 4.74 Å². The van der Waals surface area contributed by atoms with Crippen LogP contribution in [0.25, 0.3) is 0 Å². The van der Waals surface area contributed by atoms with Gasteiger partial charge in [0.05, 0.1) is 13.5 Å². The van der Waals surface area contributed by atoms with Crippen molar-refractivity contribution in [1.29, 1.82) is 0 Å². The quantitative estimate of drug-likeness (QED) is 0.741. The number of imidazole rings is 1. The smallest absolute Gasteiger partial charge is 0.225 e. The summed E-state index contributed by atoms with van der Waals surface area (Å²) in [6.45, 7) is 0. The average molecular weight is 353 g/mol. The molecule has 1 N–H and O–H groups in total. The molecule has 1 atom stereocenters. The molecule has 0 fully saturated rings. The fourth-order valence-electron chi connectivity index (χ4n) is 2.89. The molecule has 134 valence electrons. The minimum Gasteiger partial charge on any atom is -0.496 e.